The average molecular weight is 274 g/mol. The fraction of sp³-hybridized carbons (Fsp3) is 0.455. The van der Waals surface area contributed by atoms with Gasteiger partial charge in [0, 0.05) is 20.3 Å². The zero-order valence-electron chi connectivity index (χ0n) is 10.2. The highest BCUT2D eigenvalue weighted by Gasteiger charge is 2.14. The van der Waals surface area contributed by atoms with Crippen molar-refractivity contribution in [1.82, 2.24) is 4.72 Å². The molecule has 18 heavy (non-hydrogen) atoms. The van der Waals surface area contributed by atoms with Gasteiger partial charge in [-0.15, -0.1) is 0 Å². The number of aromatic hydroxyl groups is 1. The Bertz CT molecular complexity index is 488. The predicted molar refractivity (Wildman–Crippen MR) is 68.8 cm³/mol. The number of unbranched alkanes of at least 4 members (excludes halogenated alkanes) is 1. The molecule has 0 unspecified atom stereocenters. The third-order valence-corrected chi connectivity index (χ3v) is 3.84. The maximum Gasteiger partial charge on any atom is 0.240 e. The zero-order chi connectivity index (χ0) is 13.6. The van der Waals surface area contributed by atoms with Gasteiger partial charge in [-0.05, 0) is 31.0 Å². The van der Waals surface area contributed by atoms with Gasteiger partial charge >= 0.3 is 0 Å². The molecule has 0 saturated heterocycles. The molecule has 0 bridgehead atoms. The lowest BCUT2D eigenvalue weighted by molar-refractivity contribution is 0.193. The van der Waals surface area contributed by atoms with E-state index in [0.717, 1.165) is 6.42 Å². The van der Waals surface area contributed by atoms with E-state index >= 15 is 0 Å². The van der Waals surface area contributed by atoms with E-state index in [-0.39, 0.29) is 16.3 Å². The lowest BCUT2D eigenvalue weighted by atomic mass is 10.3. The molecule has 0 aliphatic heterocycles. The van der Waals surface area contributed by atoms with Gasteiger partial charge in [0.2, 0.25) is 10.0 Å². The molecule has 6 nitrogen and oxygen atoms in total. The van der Waals surface area contributed by atoms with Gasteiger partial charge in [-0.25, -0.2) is 13.1 Å². The number of phenolic OH excluding ortho intramolecular Hbond substituents is 1. The van der Waals surface area contributed by atoms with Crippen LogP contribution in [0.25, 0.3) is 0 Å². The number of hydrogen-bond acceptors (Lipinski definition) is 5. The summed E-state index contributed by atoms with van der Waals surface area (Å²) in [5.74, 6) is -0.131. The van der Waals surface area contributed by atoms with Crippen molar-refractivity contribution in [2.75, 3.05) is 26.0 Å². The number of ether oxygens (including phenoxy) is 1. The minimum Gasteiger partial charge on any atom is -0.506 e. The quantitative estimate of drug-likeness (QED) is 0.385. The number of methoxy groups -OCH3 is 1. The van der Waals surface area contributed by atoms with Crippen LogP contribution < -0.4 is 10.5 Å². The Morgan fingerprint density at radius 1 is 1.39 bits per heavy atom. The van der Waals surface area contributed by atoms with E-state index < -0.39 is 10.0 Å². The summed E-state index contributed by atoms with van der Waals surface area (Å²) in [4.78, 5) is 0.0459. The van der Waals surface area contributed by atoms with Crippen LogP contribution in [0.5, 0.6) is 5.75 Å². The number of nitrogens with two attached hydrogens (primary N) is 1. The summed E-state index contributed by atoms with van der Waals surface area (Å²) in [6.07, 6.45) is 1.48. The normalized spacial score (nSPS) is 11.6. The Morgan fingerprint density at radius 2 is 2.11 bits per heavy atom. The molecule has 7 heteroatoms. The molecule has 0 heterocycles. The first-order valence-corrected chi connectivity index (χ1v) is 7.03. The Hall–Kier alpha value is -1.31. The van der Waals surface area contributed by atoms with Gasteiger partial charge < -0.3 is 15.6 Å². The van der Waals surface area contributed by atoms with Crippen molar-refractivity contribution in [3.63, 3.8) is 0 Å². The van der Waals surface area contributed by atoms with Gasteiger partial charge in [0.25, 0.3) is 0 Å². The highest BCUT2D eigenvalue weighted by atomic mass is 32.2. The highest BCUT2D eigenvalue weighted by Crippen LogP contribution is 2.22. The number of rotatable bonds is 7. The van der Waals surface area contributed by atoms with Crippen LogP contribution in [0, 0.1) is 0 Å². The van der Waals surface area contributed by atoms with Crippen LogP contribution in [-0.2, 0) is 14.8 Å². The van der Waals surface area contributed by atoms with Gasteiger partial charge in [-0.3, -0.25) is 0 Å². The number of sulfonamides is 1. The Labute approximate surface area is 107 Å². The summed E-state index contributed by atoms with van der Waals surface area (Å²) >= 11 is 0. The van der Waals surface area contributed by atoms with Crippen LogP contribution in [0.15, 0.2) is 23.1 Å². The Balaban J connectivity index is 2.60. The highest BCUT2D eigenvalue weighted by molar-refractivity contribution is 7.89. The average Bonchev–Trinajstić information content (AvgIpc) is 2.32. The van der Waals surface area contributed by atoms with Crippen LogP contribution in [-0.4, -0.2) is 33.8 Å². The summed E-state index contributed by atoms with van der Waals surface area (Å²) in [7, 11) is -1.97. The van der Waals surface area contributed by atoms with E-state index in [2.05, 4.69) is 4.72 Å². The van der Waals surface area contributed by atoms with Crippen molar-refractivity contribution < 1.29 is 18.3 Å². The molecule has 0 saturated carbocycles. The lowest BCUT2D eigenvalue weighted by Gasteiger charge is -2.08. The fourth-order valence-electron chi connectivity index (χ4n) is 1.36. The van der Waals surface area contributed by atoms with E-state index in [1.165, 1.54) is 18.2 Å². The second-order valence-electron chi connectivity index (χ2n) is 3.82. The van der Waals surface area contributed by atoms with Gasteiger partial charge in [-0.2, -0.15) is 0 Å². The standard InChI is InChI=1S/C11H18N2O4S/c1-17-7-3-2-6-13-18(15,16)9-4-5-11(14)10(12)8-9/h4-5,8,13-14H,2-3,6-7,12H2,1H3. The molecule has 0 fully saturated rings. The SMILES string of the molecule is COCCCCNS(=O)(=O)c1ccc(O)c(N)c1. The monoisotopic (exact) mass is 274 g/mol. The number of nitrogen functional groups attached to an aromatic ring is 1. The van der Waals surface area contributed by atoms with Crippen molar-refractivity contribution in [3.05, 3.63) is 18.2 Å². The second kappa shape index (κ2) is 6.58. The van der Waals surface area contributed by atoms with Crippen molar-refractivity contribution in [3.8, 4) is 5.75 Å². The maximum absolute atomic E-state index is 11.8. The maximum atomic E-state index is 11.8. The van der Waals surface area contributed by atoms with Crippen LogP contribution in [0.4, 0.5) is 5.69 Å². The molecule has 0 spiro atoms. The third-order valence-electron chi connectivity index (χ3n) is 2.38. The van der Waals surface area contributed by atoms with Crippen LogP contribution in [0.1, 0.15) is 12.8 Å². The molecular weight excluding hydrogens is 256 g/mol. The Kier molecular flexibility index (Phi) is 5.39. The molecule has 1 aromatic carbocycles. The summed E-state index contributed by atoms with van der Waals surface area (Å²) in [6.45, 7) is 0.945. The fourth-order valence-corrected chi connectivity index (χ4v) is 2.47. The molecule has 0 atom stereocenters. The van der Waals surface area contributed by atoms with Crippen molar-refractivity contribution >= 4 is 15.7 Å². The minimum atomic E-state index is -3.57. The first-order chi connectivity index (χ1) is 8.47. The molecule has 0 aromatic heterocycles. The summed E-state index contributed by atoms with van der Waals surface area (Å²) in [5.41, 5.74) is 5.49. The first kappa shape index (κ1) is 14.7. The molecule has 0 aliphatic carbocycles. The first-order valence-electron chi connectivity index (χ1n) is 5.54. The van der Waals surface area contributed by atoms with E-state index in [1.54, 1.807) is 7.11 Å². The molecule has 4 N–H and O–H groups in total. The van der Waals surface area contributed by atoms with Gasteiger partial charge in [-0.1, -0.05) is 0 Å². The molecular formula is C11H18N2O4S. The minimum absolute atomic E-state index is 0.0391. The molecule has 102 valence electrons. The molecule has 0 amide bonds. The molecule has 0 aliphatic rings. The van der Waals surface area contributed by atoms with Gasteiger partial charge in [0.15, 0.2) is 0 Å². The van der Waals surface area contributed by atoms with Crippen molar-refractivity contribution in [1.29, 1.82) is 0 Å². The topological polar surface area (TPSA) is 102 Å². The van der Waals surface area contributed by atoms with Crippen LogP contribution in [0.3, 0.4) is 0 Å². The summed E-state index contributed by atoms with van der Waals surface area (Å²) in [5, 5.41) is 9.23. The largest absolute Gasteiger partial charge is 0.506 e. The van der Waals surface area contributed by atoms with E-state index in [1.807, 2.05) is 0 Å². The Morgan fingerprint density at radius 3 is 2.72 bits per heavy atom. The summed E-state index contributed by atoms with van der Waals surface area (Å²) in [6, 6.07) is 3.80. The molecule has 0 radical (unpaired) electrons. The smallest absolute Gasteiger partial charge is 0.240 e. The number of phenols is 1. The molecule has 1 rings (SSSR count). The van der Waals surface area contributed by atoms with E-state index in [0.29, 0.717) is 19.6 Å². The third kappa shape index (κ3) is 4.17. The molecule has 1 aromatic rings. The zero-order valence-corrected chi connectivity index (χ0v) is 11.0. The van der Waals surface area contributed by atoms with Crippen molar-refractivity contribution in [2.45, 2.75) is 17.7 Å². The van der Waals surface area contributed by atoms with Crippen molar-refractivity contribution in [2.24, 2.45) is 0 Å². The van der Waals surface area contributed by atoms with E-state index in [9.17, 15) is 13.5 Å². The predicted octanol–water partition coefficient (Wildman–Crippen LogP) is 0.679. The summed E-state index contributed by atoms with van der Waals surface area (Å²) < 4.78 is 31.0. The number of benzene rings is 1. The van der Waals surface area contributed by atoms with Gasteiger partial charge in [0.1, 0.15) is 5.75 Å². The van der Waals surface area contributed by atoms with Crippen LogP contribution in [0.2, 0.25) is 0 Å². The van der Waals surface area contributed by atoms with Gasteiger partial charge in [0.05, 0.1) is 10.6 Å². The van der Waals surface area contributed by atoms with E-state index in [4.69, 9.17) is 10.5 Å². The second-order valence-corrected chi connectivity index (χ2v) is 5.59. The van der Waals surface area contributed by atoms with Crippen LogP contribution >= 0.6 is 0 Å². The number of hydrogen-bond donors (Lipinski definition) is 3. The number of nitrogens with one attached hydrogen (secondary N) is 1. The number of anilines is 1. The lowest BCUT2D eigenvalue weighted by Crippen LogP contribution is -2.25.